The number of rotatable bonds is 4. The molecule has 0 bridgehead atoms. The molecule has 8 heteroatoms. The lowest BCUT2D eigenvalue weighted by Crippen LogP contribution is -2.20. The molecule has 0 saturated carbocycles. The Balaban J connectivity index is 1.74. The van der Waals surface area contributed by atoms with Crippen molar-refractivity contribution in [1.82, 2.24) is 19.6 Å². The Kier molecular flexibility index (Phi) is 3.80. The summed E-state index contributed by atoms with van der Waals surface area (Å²) in [7, 11) is 3.09. The van der Waals surface area contributed by atoms with Crippen LogP contribution >= 0.6 is 0 Å². The van der Waals surface area contributed by atoms with Gasteiger partial charge in [0.25, 0.3) is 0 Å². The van der Waals surface area contributed by atoms with Crippen molar-refractivity contribution in [3.05, 3.63) is 42.2 Å². The van der Waals surface area contributed by atoms with Crippen LogP contribution in [0.1, 0.15) is 10.5 Å². The molecular formula is C15H15N5O3. The highest BCUT2D eigenvalue weighted by Crippen LogP contribution is 2.21. The maximum Gasteiger partial charge on any atom is 0.358 e. The van der Waals surface area contributed by atoms with Crippen molar-refractivity contribution in [2.45, 2.75) is 6.54 Å². The van der Waals surface area contributed by atoms with Crippen molar-refractivity contribution in [3.63, 3.8) is 0 Å². The van der Waals surface area contributed by atoms with Crippen LogP contribution in [-0.4, -0.2) is 38.5 Å². The van der Waals surface area contributed by atoms with Crippen LogP contribution in [0.25, 0.3) is 10.9 Å². The normalized spacial score (nSPS) is 10.7. The van der Waals surface area contributed by atoms with E-state index in [4.69, 9.17) is 0 Å². The number of esters is 1. The maximum absolute atomic E-state index is 12.1. The SMILES string of the molecule is COC(=O)c1ccn(CC(=O)Nc2nn(C)c3ccccc23)n1. The predicted octanol–water partition coefficient (Wildman–Crippen LogP) is 1.20. The first kappa shape index (κ1) is 14.8. The van der Waals surface area contributed by atoms with Gasteiger partial charge in [-0.3, -0.25) is 14.2 Å². The van der Waals surface area contributed by atoms with Crippen LogP contribution in [0.3, 0.4) is 0 Å². The molecule has 3 aromatic rings. The van der Waals surface area contributed by atoms with Crippen LogP contribution in [0.15, 0.2) is 36.5 Å². The Morgan fingerprint density at radius 1 is 1.22 bits per heavy atom. The van der Waals surface area contributed by atoms with Gasteiger partial charge in [-0.25, -0.2) is 4.79 Å². The van der Waals surface area contributed by atoms with Crippen LogP contribution in [0.4, 0.5) is 5.82 Å². The Bertz CT molecular complexity index is 880. The van der Waals surface area contributed by atoms with Gasteiger partial charge in [0.15, 0.2) is 11.5 Å². The van der Waals surface area contributed by atoms with Gasteiger partial charge in [-0.2, -0.15) is 10.2 Å². The number of anilines is 1. The molecule has 0 atom stereocenters. The van der Waals surface area contributed by atoms with E-state index in [0.29, 0.717) is 5.82 Å². The minimum Gasteiger partial charge on any atom is -0.464 e. The number of aryl methyl sites for hydroxylation is 1. The van der Waals surface area contributed by atoms with Crippen molar-refractivity contribution in [3.8, 4) is 0 Å². The van der Waals surface area contributed by atoms with Gasteiger partial charge < -0.3 is 10.1 Å². The molecule has 0 aliphatic rings. The zero-order chi connectivity index (χ0) is 16.4. The van der Waals surface area contributed by atoms with Crippen molar-refractivity contribution in [2.24, 2.45) is 7.05 Å². The predicted molar refractivity (Wildman–Crippen MR) is 82.9 cm³/mol. The van der Waals surface area contributed by atoms with Gasteiger partial charge >= 0.3 is 5.97 Å². The number of fused-ring (bicyclic) bond motifs is 1. The number of nitrogens with one attached hydrogen (secondary N) is 1. The summed E-state index contributed by atoms with van der Waals surface area (Å²) in [5.74, 6) is -0.332. The van der Waals surface area contributed by atoms with E-state index in [-0.39, 0.29) is 18.1 Å². The van der Waals surface area contributed by atoms with Crippen molar-refractivity contribution in [2.75, 3.05) is 12.4 Å². The third-order valence-corrected chi connectivity index (χ3v) is 3.36. The van der Waals surface area contributed by atoms with Crippen LogP contribution in [-0.2, 0) is 23.1 Å². The number of para-hydroxylation sites is 1. The average Bonchev–Trinajstić information content (AvgIpc) is 3.13. The highest BCUT2D eigenvalue weighted by atomic mass is 16.5. The van der Waals surface area contributed by atoms with E-state index in [1.807, 2.05) is 31.3 Å². The number of hydrogen-bond donors (Lipinski definition) is 1. The Labute approximate surface area is 131 Å². The number of carbonyl (C=O) groups excluding carboxylic acids is 2. The standard InChI is InChI=1S/C15H15N5O3/c1-19-12-6-4-3-5-10(12)14(18-19)16-13(21)9-20-8-7-11(17-20)15(22)23-2/h3-8H,9H2,1-2H3,(H,16,18,21). The quantitative estimate of drug-likeness (QED) is 0.731. The highest BCUT2D eigenvalue weighted by molar-refractivity contribution is 5.99. The molecule has 0 aliphatic carbocycles. The fraction of sp³-hybridized carbons (Fsp3) is 0.200. The Morgan fingerprint density at radius 3 is 2.78 bits per heavy atom. The van der Waals surface area contributed by atoms with E-state index < -0.39 is 5.97 Å². The average molecular weight is 313 g/mol. The first-order valence-corrected chi connectivity index (χ1v) is 6.92. The molecule has 23 heavy (non-hydrogen) atoms. The van der Waals surface area contributed by atoms with Gasteiger partial charge in [0.05, 0.1) is 12.6 Å². The van der Waals surface area contributed by atoms with Crippen molar-refractivity contribution in [1.29, 1.82) is 0 Å². The minimum atomic E-state index is -0.542. The van der Waals surface area contributed by atoms with Crippen molar-refractivity contribution >= 4 is 28.6 Å². The van der Waals surface area contributed by atoms with E-state index in [9.17, 15) is 9.59 Å². The van der Waals surface area contributed by atoms with Gasteiger partial charge in [0.1, 0.15) is 6.54 Å². The number of ether oxygens (including phenoxy) is 1. The van der Waals surface area contributed by atoms with Crippen LogP contribution < -0.4 is 5.32 Å². The summed E-state index contributed by atoms with van der Waals surface area (Å²) < 4.78 is 7.64. The third kappa shape index (κ3) is 2.91. The van der Waals surface area contributed by atoms with E-state index in [2.05, 4.69) is 20.3 Å². The lowest BCUT2D eigenvalue weighted by atomic mass is 10.2. The molecule has 0 radical (unpaired) electrons. The molecule has 1 aromatic carbocycles. The summed E-state index contributed by atoms with van der Waals surface area (Å²) in [4.78, 5) is 23.5. The maximum atomic E-state index is 12.1. The van der Waals surface area contributed by atoms with E-state index in [0.717, 1.165) is 10.9 Å². The first-order chi connectivity index (χ1) is 11.1. The number of hydrogen-bond acceptors (Lipinski definition) is 5. The second-order valence-electron chi connectivity index (χ2n) is 4.93. The van der Waals surface area contributed by atoms with Gasteiger partial charge in [0, 0.05) is 18.6 Å². The number of amides is 1. The zero-order valence-electron chi connectivity index (χ0n) is 12.7. The second-order valence-corrected chi connectivity index (χ2v) is 4.93. The summed E-state index contributed by atoms with van der Waals surface area (Å²) >= 11 is 0. The molecule has 8 nitrogen and oxygen atoms in total. The fourth-order valence-corrected chi connectivity index (χ4v) is 2.29. The third-order valence-electron chi connectivity index (χ3n) is 3.36. The molecule has 118 valence electrons. The van der Waals surface area contributed by atoms with Gasteiger partial charge in [-0.15, -0.1) is 0 Å². The summed E-state index contributed by atoms with van der Waals surface area (Å²) in [6.45, 7) is -0.0259. The molecule has 2 aromatic heterocycles. The van der Waals surface area contributed by atoms with Crippen LogP contribution in [0, 0.1) is 0 Å². The monoisotopic (exact) mass is 313 g/mol. The molecule has 0 aliphatic heterocycles. The van der Waals surface area contributed by atoms with E-state index >= 15 is 0 Å². The number of methoxy groups -OCH3 is 1. The number of nitrogens with zero attached hydrogens (tertiary/aromatic N) is 4. The minimum absolute atomic E-state index is 0.0259. The second kappa shape index (κ2) is 5.91. The summed E-state index contributed by atoms with van der Waals surface area (Å²) in [6.07, 6.45) is 1.54. The molecule has 0 saturated heterocycles. The van der Waals surface area contributed by atoms with E-state index in [1.165, 1.54) is 17.9 Å². The zero-order valence-corrected chi connectivity index (χ0v) is 12.7. The molecule has 0 fully saturated rings. The smallest absolute Gasteiger partial charge is 0.358 e. The molecule has 0 spiro atoms. The summed E-state index contributed by atoms with van der Waals surface area (Å²) in [5, 5.41) is 11.9. The Morgan fingerprint density at radius 2 is 2.00 bits per heavy atom. The largest absolute Gasteiger partial charge is 0.464 e. The molecule has 3 rings (SSSR count). The van der Waals surface area contributed by atoms with Gasteiger partial charge in [-0.1, -0.05) is 12.1 Å². The first-order valence-electron chi connectivity index (χ1n) is 6.92. The number of carbonyl (C=O) groups is 2. The lowest BCUT2D eigenvalue weighted by Gasteiger charge is -2.03. The highest BCUT2D eigenvalue weighted by Gasteiger charge is 2.13. The van der Waals surface area contributed by atoms with Gasteiger partial charge in [-0.05, 0) is 18.2 Å². The molecule has 1 N–H and O–H groups in total. The number of aromatic nitrogens is 4. The van der Waals surface area contributed by atoms with Crippen molar-refractivity contribution < 1.29 is 14.3 Å². The molecular weight excluding hydrogens is 298 g/mol. The van der Waals surface area contributed by atoms with Gasteiger partial charge in [0.2, 0.25) is 5.91 Å². The van der Waals surface area contributed by atoms with E-state index in [1.54, 1.807) is 10.9 Å². The summed E-state index contributed by atoms with van der Waals surface area (Å²) in [6, 6.07) is 9.11. The summed E-state index contributed by atoms with van der Waals surface area (Å²) in [5.41, 5.74) is 1.08. The molecule has 1 amide bonds. The number of benzene rings is 1. The molecule has 0 unspecified atom stereocenters. The van der Waals surface area contributed by atoms with Crippen LogP contribution in [0.5, 0.6) is 0 Å². The Hall–Kier alpha value is -3.16. The lowest BCUT2D eigenvalue weighted by molar-refractivity contribution is -0.116. The topological polar surface area (TPSA) is 91.0 Å². The van der Waals surface area contributed by atoms with Crippen LogP contribution in [0.2, 0.25) is 0 Å². The molecule has 2 heterocycles. The fourth-order valence-electron chi connectivity index (χ4n) is 2.29.